The van der Waals surface area contributed by atoms with Gasteiger partial charge in [0.25, 0.3) is 0 Å². The first-order valence-electron chi connectivity index (χ1n) is 4.73. The van der Waals surface area contributed by atoms with Gasteiger partial charge in [-0.25, -0.2) is 9.78 Å². The lowest BCUT2D eigenvalue weighted by Crippen LogP contribution is -2.22. The fourth-order valence-corrected chi connectivity index (χ4v) is 2.26. The maximum atomic E-state index is 10.7. The van der Waals surface area contributed by atoms with Gasteiger partial charge in [0.05, 0.1) is 18.0 Å². The van der Waals surface area contributed by atoms with Crippen LogP contribution >= 0.6 is 11.8 Å². The first-order valence-corrected chi connectivity index (χ1v) is 5.78. The molecule has 0 saturated heterocycles. The van der Waals surface area contributed by atoms with E-state index in [4.69, 9.17) is 15.3 Å². The van der Waals surface area contributed by atoms with Gasteiger partial charge in [0.2, 0.25) is 0 Å². The van der Waals surface area contributed by atoms with E-state index in [0.717, 1.165) is 11.8 Å². The van der Waals surface area contributed by atoms with E-state index in [1.165, 1.54) is 12.5 Å². The highest BCUT2D eigenvalue weighted by atomic mass is 32.2. The highest BCUT2D eigenvalue weighted by Gasteiger charge is 2.21. The molecular formula is C9H12N2O5S. The smallest absolute Gasteiger partial charge is 0.333 e. The maximum absolute atomic E-state index is 10.7. The molecule has 17 heavy (non-hydrogen) atoms. The second kappa shape index (κ2) is 6.26. The molecule has 2 atom stereocenters. The van der Waals surface area contributed by atoms with Crippen molar-refractivity contribution in [2.45, 2.75) is 17.8 Å². The second-order valence-electron chi connectivity index (χ2n) is 3.28. The van der Waals surface area contributed by atoms with Crippen LogP contribution in [0.5, 0.6) is 0 Å². The summed E-state index contributed by atoms with van der Waals surface area (Å²) in [7, 11) is 0. The van der Waals surface area contributed by atoms with Gasteiger partial charge in [-0.2, -0.15) is 0 Å². The normalized spacial score (nSPS) is 14.2. The third kappa shape index (κ3) is 4.45. The van der Waals surface area contributed by atoms with Gasteiger partial charge in [0.15, 0.2) is 6.10 Å². The molecule has 1 aromatic heterocycles. The number of nitrogens with one attached hydrogen (secondary N) is 1. The number of hydrogen-bond acceptors (Lipinski definition) is 5. The van der Waals surface area contributed by atoms with Gasteiger partial charge in [-0.3, -0.25) is 4.79 Å². The van der Waals surface area contributed by atoms with Crippen molar-refractivity contribution in [1.82, 2.24) is 9.97 Å². The number of aliphatic carboxylic acids is 2. The number of aromatic nitrogens is 2. The average molecular weight is 260 g/mol. The Morgan fingerprint density at radius 1 is 1.47 bits per heavy atom. The van der Waals surface area contributed by atoms with E-state index in [-0.39, 0.29) is 12.2 Å². The number of carbonyl (C=O) groups is 2. The van der Waals surface area contributed by atoms with E-state index in [9.17, 15) is 9.59 Å². The van der Waals surface area contributed by atoms with Gasteiger partial charge in [-0.05, 0) is 0 Å². The monoisotopic (exact) mass is 260 g/mol. The number of aliphatic hydroxyl groups excluding tert-OH is 1. The lowest BCUT2D eigenvalue weighted by atomic mass is 10.2. The van der Waals surface area contributed by atoms with Crippen LogP contribution in [0.15, 0.2) is 12.5 Å². The molecule has 4 N–H and O–H groups in total. The van der Waals surface area contributed by atoms with Gasteiger partial charge in [-0.1, -0.05) is 0 Å². The third-order valence-corrected chi connectivity index (χ3v) is 3.30. The Kier molecular flexibility index (Phi) is 4.98. The first kappa shape index (κ1) is 13.5. The molecule has 94 valence electrons. The molecule has 0 aliphatic rings. The fourth-order valence-electron chi connectivity index (χ4n) is 1.14. The number of aliphatic hydroxyl groups is 1. The molecule has 0 aromatic carbocycles. The SMILES string of the molecule is O=C(O)CC(SCC(O)C(=O)O)c1cnc[nH]1. The minimum atomic E-state index is -1.50. The minimum Gasteiger partial charge on any atom is -0.481 e. The summed E-state index contributed by atoms with van der Waals surface area (Å²) in [6.45, 7) is 0. The van der Waals surface area contributed by atoms with Crippen LogP contribution in [0.1, 0.15) is 17.4 Å². The lowest BCUT2D eigenvalue weighted by Gasteiger charge is -2.13. The van der Waals surface area contributed by atoms with E-state index in [1.54, 1.807) is 0 Å². The summed E-state index contributed by atoms with van der Waals surface area (Å²) in [6.07, 6.45) is 1.23. The zero-order chi connectivity index (χ0) is 12.8. The highest BCUT2D eigenvalue weighted by molar-refractivity contribution is 7.99. The molecule has 0 radical (unpaired) electrons. The number of rotatable bonds is 7. The summed E-state index contributed by atoms with van der Waals surface area (Å²) in [4.78, 5) is 27.6. The number of carboxylic acids is 2. The molecule has 0 aliphatic heterocycles. The van der Waals surface area contributed by atoms with Crippen molar-refractivity contribution >= 4 is 23.7 Å². The van der Waals surface area contributed by atoms with Crippen LogP contribution in [0.25, 0.3) is 0 Å². The summed E-state index contributed by atoms with van der Waals surface area (Å²) in [6, 6.07) is 0. The summed E-state index contributed by atoms with van der Waals surface area (Å²) in [5, 5.41) is 25.9. The van der Waals surface area contributed by atoms with Gasteiger partial charge in [-0.15, -0.1) is 11.8 Å². The number of carboxylic acid groups (broad SMARTS) is 2. The van der Waals surface area contributed by atoms with Gasteiger partial charge >= 0.3 is 11.9 Å². The average Bonchev–Trinajstić information content (AvgIpc) is 2.76. The highest BCUT2D eigenvalue weighted by Crippen LogP contribution is 2.31. The van der Waals surface area contributed by atoms with Crippen LogP contribution in [0, 0.1) is 0 Å². The van der Waals surface area contributed by atoms with E-state index in [2.05, 4.69) is 9.97 Å². The summed E-state index contributed by atoms with van der Waals surface area (Å²) >= 11 is 1.06. The number of nitrogens with zero attached hydrogens (tertiary/aromatic N) is 1. The number of imidazole rings is 1. The van der Waals surface area contributed by atoms with E-state index >= 15 is 0 Å². The van der Waals surface area contributed by atoms with Gasteiger partial charge < -0.3 is 20.3 Å². The van der Waals surface area contributed by atoms with Crippen molar-refractivity contribution in [2.24, 2.45) is 0 Å². The Bertz CT molecular complexity index is 381. The van der Waals surface area contributed by atoms with Crippen molar-refractivity contribution in [3.8, 4) is 0 Å². The molecule has 8 heteroatoms. The quantitative estimate of drug-likeness (QED) is 0.548. The van der Waals surface area contributed by atoms with Crippen LogP contribution in [-0.4, -0.2) is 49.1 Å². The number of thioether (sulfide) groups is 1. The molecule has 7 nitrogen and oxygen atoms in total. The number of aromatic amines is 1. The van der Waals surface area contributed by atoms with Crippen molar-refractivity contribution in [3.05, 3.63) is 18.2 Å². The molecule has 0 saturated carbocycles. The molecule has 0 amide bonds. The summed E-state index contributed by atoms with van der Waals surface area (Å²) in [5.74, 6) is -2.40. The van der Waals surface area contributed by atoms with Crippen LogP contribution in [0.2, 0.25) is 0 Å². The molecule has 0 spiro atoms. The van der Waals surface area contributed by atoms with Gasteiger partial charge in [0.1, 0.15) is 0 Å². The van der Waals surface area contributed by atoms with E-state index in [0.29, 0.717) is 5.69 Å². The molecule has 1 aromatic rings. The Morgan fingerprint density at radius 3 is 2.65 bits per heavy atom. The standard InChI is InChI=1S/C9H12N2O5S/c12-6(9(15)16)3-17-7(1-8(13)14)5-2-10-4-11-5/h2,4,6-7,12H,1,3H2,(H,10,11)(H,13,14)(H,15,16). The Hall–Kier alpha value is -1.54. The molecular weight excluding hydrogens is 248 g/mol. The van der Waals surface area contributed by atoms with Crippen molar-refractivity contribution in [3.63, 3.8) is 0 Å². The lowest BCUT2D eigenvalue weighted by molar-refractivity contribution is -0.145. The second-order valence-corrected chi connectivity index (χ2v) is 4.52. The fraction of sp³-hybridized carbons (Fsp3) is 0.444. The van der Waals surface area contributed by atoms with Crippen LogP contribution in [-0.2, 0) is 9.59 Å². The van der Waals surface area contributed by atoms with Crippen LogP contribution in [0.4, 0.5) is 0 Å². The van der Waals surface area contributed by atoms with E-state index < -0.39 is 23.3 Å². The molecule has 0 fully saturated rings. The zero-order valence-electron chi connectivity index (χ0n) is 8.74. The van der Waals surface area contributed by atoms with Gasteiger partial charge in [0, 0.05) is 17.6 Å². The third-order valence-electron chi connectivity index (χ3n) is 1.97. The molecule has 0 bridgehead atoms. The zero-order valence-corrected chi connectivity index (χ0v) is 9.55. The van der Waals surface area contributed by atoms with Crippen LogP contribution in [0.3, 0.4) is 0 Å². The first-order chi connectivity index (χ1) is 8.00. The molecule has 2 unspecified atom stereocenters. The topological polar surface area (TPSA) is 124 Å². The Balaban J connectivity index is 2.59. The van der Waals surface area contributed by atoms with Crippen molar-refractivity contribution in [1.29, 1.82) is 0 Å². The molecule has 1 rings (SSSR count). The van der Waals surface area contributed by atoms with Crippen molar-refractivity contribution < 1.29 is 24.9 Å². The minimum absolute atomic E-state index is 0.0771. The van der Waals surface area contributed by atoms with Crippen LogP contribution < -0.4 is 0 Å². The summed E-state index contributed by atoms with van der Waals surface area (Å²) < 4.78 is 0. The Morgan fingerprint density at radius 2 is 2.18 bits per heavy atom. The maximum Gasteiger partial charge on any atom is 0.333 e. The predicted molar refractivity (Wildman–Crippen MR) is 59.7 cm³/mol. The summed E-state index contributed by atoms with van der Waals surface area (Å²) in [5.41, 5.74) is 0.593. The van der Waals surface area contributed by atoms with E-state index in [1.807, 2.05) is 0 Å². The number of hydrogen-bond donors (Lipinski definition) is 4. The van der Waals surface area contributed by atoms with Crippen molar-refractivity contribution in [2.75, 3.05) is 5.75 Å². The number of H-pyrrole nitrogens is 1. The molecule has 1 heterocycles. The molecule has 0 aliphatic carbocycles. The largest absolute Gasteiger partial charge is 0.481 e. The Labute approximate surface area is 101 Å². The predicted octanol–water partition coefficient (Wildman–Crippen LogP) is 0.104.